The van der Waals surface area contributed by atoms with Crippen LogP contribution in [0.3, 0.4) is 0 Å². The average molecular weight is 985 g/mol. The van der Waals surface area contributed by atoms with E-state index in [0.717, 1.165) is 33.1 Å². The van der Waals surface area contributed by atoms with Crippen LogP contribution in [-0.4, -0.2) is 55.5 Å². The molecule has 0 aliphatic rings. The lowest BCUT2D eigenvalue weighted by Crippen LogP contribution is -2.22. The zero-order valence-electron chi connectivity index (χ0n) is 40.6. The predicted octanol–water partition coefficient (Wildman–Crippen LogP) is 10.2. The minimum Gasteiger partial charge on any atom is -0.494 e. The van der Waals surface area contributed by atoms with Crippen molar-refractivity contribution in [3.8, 4) is 11.8 Å². The normalized spacial score (nSPS) is 14.0. The summed E-state index contributed by atoms with van der Waals surface area (Å²) in [7, 11) is -9.24. The van der Waals surface area contributed by atoms with E-state index in [9.17, 15) is 56.0 Å². The van der Waals surface area contributed by atoms with Gasteiger partial charge in [0.25, 0.3) is 31.4 Å². The van der Waals surface area contributed by atoms with Gasteiger partial charge in [-0.3, -0.25) is 27.8 Å². The Labute approximate surface area is 399 Å². The zero-order chi connectivity index (χ0) is 51.0. The van der Waals surface area contributed by atoms with Crippen LogP contribution in [0.4, 0.5) is 22.7 Å². The highest BCUT2D eigenvalue weighted by molar-refractivity contribution is 7.85. The first kappa shape index (κ1) is 55.5. The van der Waals surface area contributed by atoms with Gasteiger partial charge in [0.05, 0.1) is 23.6 Å². The number of aromatic hydroxyl groups is 2. The van der Waals surface area contributed by atoms with E-state index in [4.69, 9.17) is 0 Å². The molecule has 2 aromatic heterocycles. The van der Waals surface area contributed by atoms with E-state index in [2.05, 4.69) is 34.3 Å². The van der Waals surface area contributed by atoms with Crippen molar-refractivity contribution in [1.82, 2.24) is 9.13 Å². The van der Waals surface area contributed by atoms with Crippen LogP contribution in [0.1, 0.15) is 157 Å². The molecular formula is C48H68N6O12S2. The Balaban J connectivity index is 2.01. The first-order valence-corrected chi connectivity index (χ1v) is 26.5. The molecule has 374 valence electrons. The molecule has 0 saturated heterocycles. The molecule has 0 bridgehead atoms. The molecule has 0 radical (unpaired) electrons. The van der Waals surface area contributed by atoms with Gasteiger partial charge in [-0.2, -0.15) is 16.8 Å². The first-order chi connectivity index (χ1) is 32.0. The van der Waals surface area contributed by atoms with Crippen molar-refractivity contribution < 1.29 is 46.4 Å². The Morgan fingerprint density at radius 2 is 0.853 bits per heavy atom. The topological polar surface area (TPSA) is 283 Å². The van der Waals surface area contributed by atoms with Crippen LogP contribution in [0.25, 0.3) is 0 Å². The molecule has 6 N–H and O–H groups in total. The Hall–Kier alpha value is -5.12. The maximum absolute atomic E-state index is 13.6. The molecule has 0 aliphatic carbocycles. The van der Waals surface area contributed by atoms with Crippen molar-refractivity contribution >= 4 is 43.0 Å². The van der Waals surface area contributed by atoms with Crippen molar-refractivity contribution in [2.45, 2.75) is 150 Å². The zero-order valence-corrected chi connectivity index (χ0v) is 42.3. The maximum Gasteiger partial charge on any atom is 0.281 e. The van der Waals surface area contributed by atoms with Gasteiger partial charge in [0, 0.05) is 41.3 Å². The molecule has 18 nitrogen and oxygen atoms in total. The summed E-state index contributed by atoms with van der Waals surface area (Å²) in [5.74, 6) is -3.83. The first-order valence-electron chi connectivity index (χ1n) is 23.2. The van der Waals surface area contributed by atoms with Gasteiger partial charge in [-0.15, -0.1) is 20.5 Å². The van der Waals surface area contributed by atoms with E-state index in [1.54, 1.807) is 26.0 Å². The van der Waals surface area contributed by atoms with E-state index in [-0.39, 0.29) is 81.8 Å². The maximum atomic E-state index is 13.6. The lowest BCUT2D eigenvalue weighted by molar-refractivity contribution is 0.103. The molecule has 20 heteroatoms. The molecule has 2 unspecified atom stereocenters. The standard InChI is InChI=1S/C48H68N6O12S2/c1-11-29(12-2)40(32-19-21-38(34(23-32)43(55)30(13-3)14-4)49-51-41-27(9)36(25-67(61,62)63)45(57)53(17-7)47(41)59)33-20-22-39(35(24-33)44(56)31(15-5)16-6)50-52-42-28(10)37(26-68(64,65)66)46(58)54(18-8)48(42)60/h19-24,29-31,40,43-44,55-58H,11-18,25-26H2,1-10H3,(H,61,62,63)(H,64,65,66)/b51-49+,52-50+. The smallest absolute Gasteiger partial charge is 0.281 e. The quantitative estimate of drug-likeness (QED) is 0.0299. The number of hydrogen-bond acceptors (Lipinski definition) is 14. The Kier molecular flexibility index (Phi) is 19.1. The number of azo groups is 2. The summed E-state index contributed by atoms with van der Waals surface area (Å²) in [4.78, 5) is 27.1. The molecule has 68 heavy (non-hydrogen) atoms. The third-order valence-corrected chi connectivity index (χ3v) is 14.6. The summed E-state index contributed by atoms with van der Waals surface area (Å²) >= 11 is 0. The van der Waals surface area contributed by atoms with E-state index in [1.807, 2.05) is 52.0 Å². The average Bonchev–Trinajstić information content (AvgIpc) is 3.29. The molecule has 2 heterocycles. The highest BCUT2D eigenvalue weighted by Gasteiger charge is 2.30. The van der Waals surface area contributed by atoms with Crippen molar-refractivity contribution in [2.24, 2.45) is 38.2 Å². The Bertz CT molecular complexity index is 2660. The molecular weight excluding hydrogens is 917 g/mol. The van der Waals surface area contributed by atoms with Crippen LogP contribution in [0.5, 0.6) is 11.8 Å². The van der Waals surface area contributed by atoms with Gasteiger partial charge in [0.15, 0.2) is 23.1 Å². The largest absolute Gasteiger partial charge is 0.494 e. The summed E-state index contributed by atoms with van der Waals surface area (Å²) in [6, 6.07) is 10.9. The molecule has 0 fully saturated rings. The van der Waals surface area contributed by atoms with Gasteiger partial charge < -0.3 is 20.4 Å². The summed E-state index contributed by atoms with van der Waals surface area (Å²) in [5.41, 5.74) is 0.629. The minimum atomic E-state index is -4.62. The van der Waals surface area contributed by atoms with Crippen molar-refractivity contribution in [3.63, 3.8) is 0 Å². The van der Waals surface area contributed by atoms with E-state index in [1.165, 1.54) is 13.8 Å². The SMILES string of the molecule is CCC(CC)C(O)c1cc(C(c2ccc(/N=N/c3c(C)c(CS(=O)(=O)O)c(O)n(CC)c3=O)c(C(O)C(CC)CC)c2)C(CC)CC)ccc1/N=N/c1c(C)c(CS(=O)(=O)O)c(O)n(CC)c1=O. The van der Waals surface area contributed by atoms with E-state index >= 15 is 0 Å². The van der Waals surface area contributed by atoms with Crippen LogP contribution in [0.15, 0.2) is 66.4 Å². The van der Waals surface area contributed by atoms with Gasteiger partial charge in [-0.25, -0.2) is 0 Å². The van der Waals surface area contributed by atoms with E-state index in [0.29, 0.717) is 36.8 Å². The fraction of sp³-hybridized carbons (Fsp3) is 0.542. The van der Waals surface area contributed by atoms with E-state index < -0.39 is 66.8 Å². The predicted molar refractivity (Wildman–Crippen MR) is 261 cm³/mol. The summed E-state index contributed by atoms with van der Waals surface area (Å²) < 4.78 is 68.9. The molecule has 0 amide bonds. The fourth-order valence-electron chi connectivity index (χ4n) is 9.12. The third-order valence-electron chi connectivity index (χ3n) is 13.3. The second-order valence-electron chi connectivity index (χ2n) is 17.2. The van der Waals surface area contributed by atoms with Gasteiger partial charge in [0.2, 0.25) is 0 Å². The Morgan fingerprint density at radius 1 is 0.529 bits per heavy atom. The number of hydrogen-bond donors (Lipinski definition) is 6. The number of aromatic nitrogens is 2. The van der Waals surface area contributed by atoms with Gasteiger partial charge in [0.1, 0.15) is 11.5 Å². The second kappa shape index (κ2) is 23.5. The lowest BCUT2D eigenvalue weighted by atomic mass is 9.76. The monoisotopic (exact) mass is 984 g/mol. The van der Waals surface area contributed by atoms with Crippen molar-refractivity contribution in [1.29, 1.82) is 0 Å². The summed E-state index contributed by atoms with van der Waals surface area (Å²) in [6.45, 7) is 17.9. The molecule has 2 aromatic carbocycles. The summed E-state index contributed by atoms with van der Waals surface area (Å²) in [5, 5.41) is 63.2. The molecule has 4 aromatic rings. The molecule has 2 atom stereocenters. The number of nitrogens with zero attached hydrogens (tertiary/aromatic N) is 6. The van der Waals surface area contributed by atoms with Crippen LogP contribution in [0, 0.1) is 31.6 Å². The molecule has 0 aliphatic heterocycles. The van der Waals surface area contributed by atoms with Crippen molar-refractivity contribution in [2.75, 3.05) is 0 Å². The van der Waals surface area contributed by atoms with Crippen LogP contribution < -0.4 is 11.1 Å². The summed E-state index contributed by atoms with van der Waals surface area (Å²) in [6.07, 6.45) is 1.91. The van der Waals surface area contributed by atoms with Crippen molar-refractivity contribution in [3.05, 3.63) is 102 Å². The van der Waals surface area contributed by atoms with Crippen LogP contribution in [-0.2, 0) is 44.8 Å². The molecule has 0 spiro atoms. The number of benzene rings is 2. The van der Waals surface area contributed by atoms with Gasteiger partial charge >= 0.3 is 0 Å². The number of aliphatic hydroxyl groups is 2. The molecule has 4 rings (SSSR count). The van der Waals surface area contributed by atoms with Gasteiger partial charge in [-0.05, 0) is 79.8 Å². The van der Waals surface area contributed by atoms with Gasteiger partial charge in [-0.1, -0.05) is 104 Å². The lowest BCUT2D eigenvalue weighted by Gasteiger charge is -2.30. The minimum absolute atomic E-state index is 0.0126. The van der Waals surface area contributed by atoms with Crippen LogP contribution >= 0.6 is 0 Å². The Morgan fingerprint density at radius 3 is 1.13 bits per heavy atom. The highest BCUT2D eigenvalue weighted by atomic mass is 32.2. The number of pyridine rings is 2. The second-order valence-corrected chi connectivity index (χ2v) is 20.1. The third kappa shape index (κ3) is 12.4. The van der Waals surface area contributed by atoms with Crippen LogP contribution in [0.2, 0.25) is 0 Å². The highest BCUT2D eigenvalue weighted by Crippen LogP contribution is 2.44. The number of aliphatic hydroxyl groups excluding tert-OH is 2. The fourth-order valence-corrected chi connectivity index (χ4v) is 10.5. The number of rotatable bonds is 23. The molecule has 0 saturated carbocycles.